The van der Waals surface area contributed by atoms with Crippen LogP contribution in [0.25, 0.3) is 0 Å². The van der Waals surface area contributed by atoms with Crippen LogP contribution in [-0.4, -0.2) is 29.8 Å². The second-order valence-corrected chi connectivity index (χ2v) is 4.90. The molecule has 0 aliphatic carbocycles. The summed E-state index contributed by atoms with van der Waals surface area (Å²) in [5.74, 6) is -0.845. The Morgan fingerprint density at radius 2 is 2.32 bits per heavy atom. The number of rotatable bonds is 3. The number of hydrogen-bond donors (Lipinski definition) is 1. The third kappa shape index (κ3) is 2.87. The van der Waals surface area contributed by atoms with Crippen LogP contribution in [0.15, 0.2) is 18.2 Å². The van der Waals surface area contributed by atoms with E-state index in [1.807, 2.05) is 0 Å². The van der Waals surface area contributed by atoms with Crippen LogP contribution in [0.2, 0.25) is 5.02 Å². The van der Waals surface area contributed by atoms with Crippen LogP contribution in [0.3, 0.4) is 0 Å². The largest absolute Gasteiger partial charge is 0.350 e. The second-order valence-electron chi connectivity index (χ2n) is 4.49. The molecule has 19 heavy (non-hydrogen) atoms. The number of likely N-dealkylation sites (tertiary alicyclic amines) is 1. The summed E-state index contributed by atoms with van der Waals surface area (Å²) in [5.41, 5.74) is 0.327. The smallest absolute Gasteiger partial charge is 0.243 e. The maximum Gasteiger partial charge on any atom is 0.243 e. The number of nitrogens with zero attached hydrogens (tertiary/aromatic N) is 1. The van der Waals surface area contributed by atoms with Gasteiger partial charge in [-0.15, -0.1) is 0 Å². The Morgan fingerprint density at radius 1 is 1.58 bits per heavy atom. The number of nitrogens with one attached hydrogen (secondary N) is 1. The Labute approximate surface area is 115 Å². The summed E-state index contributed by atoms with van der Waals surface area (Å²) in [6, 6.07) is 4.17. The molecule has 0 saturated carbocycles. The van der Waals surface area contributed by atoms with Crippen molar-refractivity contribution in [2.24, 2.45) is 0 Å². The van der Waals surface area contributed by atoms with E-state index in [2.05, 4.69) is 5.32 Å². The fourth-order valence-electron chi connectivity index (χ4n) is 2.10. The molecule has 1 aliphatic rings. The zero-order valence-corrected chi connectivity index (χ0v) is 11.2. The van der Waals surface area contributed by atoms with Gasteiger partial charge >= 0.3 is 0 Å². The molecule has 0 spiro atoms. The predicted molar refractivity (Wildman–Crippen MR) is 69.0 cm³/mol. The number of likely N-dealkylation sites (N-methyl/N-ethyl adjacent to an activating group) is 1. The van der Waals surface area contributed by atoms with Gasteiger partial charge in [0.1, 0.15) is 11.9 Å². The van der Waals surface area contributed by atoms with E-state index < -0.39 is 11.9 Å². The van der Waals surface area contributed by atoms with E-state index in [4.69, 9.17) is 11.6 Å². The molecule has 1 aliphatic heterocycles. The molecule has 1 atom stereocenters. The highest BCUT2D eigenvalue weighted by Crippen LogP contribution is 2.19. The molecule has 1 saturated heterocycles. The van der Waals surface area contributed by atoms with Gasteiger partial charge in [0.15, 0.2) is 0 Å². The van der Waals surface area contributed by atoms with Gasteiger partial charge in [0.05, 0.1) is 5.02 Å². The Kier molecular flexibility index (Phi) is 4.04. The summed E-state index contributed by atoms with van der Waals surface area (Å²) in [6.45, 7) is 0.0593. The molecule has 0 bridgehead atoms. The zero-order chi connectivity index (χ0) is 14.0. The van der Waals surface area contributed by atoms with Gasteiger partial charge < -0.3 is 10.2 Å². The van der Waals surface area contributed by atoms with Crippen molar-refractivity contribution in [3.63, 3.8) is 0 Å². The van der Waals surface area contributed by atoms with Crippen molar-refractivity contribution in [1.82, 2.24) is 10.2 Å². The minimum Gasteiger partial charge on any atom is -0.350 e. The van der Waals surface area contributed by atoms with Gasteiger partial charge in [0, 0.05) is 25.6 Å². The minimum atomic E-state index is -0.527. The fraction of sp³-hybridized carbons (Fsp3) is 0.385. The Bertz CT molecular complexity index is 521. The molecule has 1 fully saturated rings. The van der Waals surface area contributed by atoms with Gasteiger partial charge in [-0.3, -0.25) is 9.59 Å². The van der Waals surface area contributed by atoms with Crippen LogP contribution in [0.5, 0.6) is 0 Å². The summed E-state index contributed by atoms with van der Waals surface area (Å²) in [6.07, 6.45) is 0.874. The number of carbonyl (C=O) groups is 2. The van der Waals surface area contributed by atoms with Gasteiger partial charge in [-0.1, -0.05) is 23.7 Å². The molecule has 1 N–H and O–H groups in total. The lowest BCUT2D eigenvalue weighted by molar-refractivity contribution is -0.133. The monoisotopic (exact) mass is 284 g/mol. The molecular weight excluding hydrogens is 271 g/mol. The summed E-state index contributed by atoms with van der Waals surface area (Å²) in [7, 11) is 1.60. The van der Waals surface area contributed by atoms with E-state index in [-0.39, 0.29) is 23.4 Å². The second kappa shape index (κ2) is 5.57. The third-order valence-corrected chi connectivity index (χ3v) is 3.57. The number of carbonyl (C=O) groups excluding carboxylic acids is 2. The number of benzene rings is 1. The molecule has 6 heteroatoms. The molecule has 2 amide bonds. The lowest BCUT2D eigenvalue weighted by Gasteiger charge is -2.19. The standard InChI is InChI=1S/C13H14ClFN2O2/c1-17-10(5-6-11(17)18)13(19)16-7-8-3-2-4-9(14)12(8)15/h2-4,10H,5-7H2,1H3,(H,16,19). The van der Waals surface area contributed by atoms with Gasteiger partial charge in [-0.05, 0) is 12.5 Å². The van der Waals surface area contributed by atoms with Gasteiger partial charge in [0.25, 0.3) is 0 Å². The minimum absolute atomic E-state index is 0.0277. The normalized spacial score (nSPS) is 18.8. The van der Waals surface area contributed by atoms with Crippen molar-refractivity contribution in [3.05, 3.63) is 34.6 Å². The molecular formula is C13H14ClFN2O2. The lowest BCUT2D eigenvalue weighted by atomic mass is 10.2. The van der Waals surface area contributed by atoms with E-state index in [0.717, 1.165) is 0 Å². The van der Waals surface area contributed by atoms with E-state index in [1.165, 1.54) is 11.0 Å². The van der Waals surface area contributed by atoms with Crippen molar-refractivity contribution in [3.8, 4) is 0 Å². The summed E-state index contributed by atoms with van der Waals surface area (Å²) in [4.78, 5) is 24.7. The molecule has 1 unspecified atom stereocenters. The van der Waals surface area contributed by atoms with Crippen LogP contribution in [0.4, 0.5) is 4.39 Å². The quantitative estimate of drug-likeness (QED) is 0.919. The molecule has 0 radical (unpaired) electrons. The topological polar surface area (TPSA) is 49.4 Å². The van der Waals surface area contributed by atoms with Gasteiger partial charge in [-0.25, -0.2) is 4.39 Å². The first-order valence-electron chi connectivity index (χ1n) is 5.97. The van der Waals surface area contributed by atoms with Crippen molar-refractivity contribution in [2.75, 3.05) is 7.05 Å². The van der Waals surface area contributed by atoms with Crippen molar-refractivity contribution in [2.45, 2.75) is 25.4 Å². The molecule has 1 aromatic rings. The van der Waals surface area contributed by atoms with Gasteiger partial charge in [0.2, 0.25) is 11.8 Å². The van der Waals surface area contributed by atoms with Crippen LogP contribution in [-0.2, 0) is 16.1 Å². The maximum atomic E-state index is 13.6. The van der Waals surface area contributed by atoms with Crippen LogP contribution in [0, 0.1) is 5.82 Å². The maximum absolute atomic E-state index is 13.6. The Balaban J connectivity index is 1.97. The SMILES string of the molecule is CN1C(=O)CCC1C(=O)NCc1cccc(Cl)c1F. The number of hydrogen-bond acceptors (Lipinski definition) is 2. The van der Waals surface area contributed by atoms with Crippen molar-refractivity contribution in [1.29, 1.82) is 0 Å². The Morgan fingerprint density at radius 3 is 2.95 bits per heavy atom. The van der Waals surface area contributed by atoms with E-state index in [9.17, 15) is 14.0 Å². The fourth-order valence-corrected chi connectivity index (χ4v) is 2.29. The van der Waals surface area contributed by atoms with Crippen LogP contribution >= 0.6 is 11.6 Å². The highest BCUT2D eigenvalue weighted by molar-refractivity contribution is 6.30. The first-order valence-corrected chi connectivity index (χ1v) is 6.34. The lowest BCUT2D eigenvalue weighted by Crippen LogP contribution is -2.42. The molecule has 1 heterocycles. The molecule has 1 aromatic carbocycles. The number of halogens is 2. The van der Waals surface area contributed by atoms with Crippen molar-refractivity contribution < 1.29 is 14.0 Å². The number of amides is 2. The molecule has 2 rings (SSSR count). The van der Waals surface area contributed by atoms with Crippen LogP contribution < -0.4 is 5.32 Å². The first kappa shape index (κ1) is 13.8. The Hall–Kier alpha value is -1.62. The average Bonchev–Trinajstić information content (AvgIpc) is 2.72. The molecule has 102 valence electrons. The predicted octanol–water partition coefficient (Wildman–Crippen LogP) is 1.72. The van der Waals surface area contributed by atoms with Crippen molar-refractivity contribution >= 4 is 23.4 Å². The first-order chi connectivity index (χ1) is 9.00. The van der Waals surface area contributed by atoms with E-state index in [1.54, 1.807) is 19.2 Å². The summed E-state index contributed by atoms with van der Waals surface area (Å²) >= 11 is 5.66. The molecule has 0 aromatic heterocycles. The average molecular weight is 285 g/mol. The summed E-state index contributed by atoms with van der Waals surface area (Å²) in [5, 5.41) is 2.66. The summed E-state index contributed by atoms with van der Waals surface area (Å²) < 4.78 is 13.6. The van der Waals surface area contributed by atoms with E-state index in [0.29, 0.717) is 18.4 Å². The highest BCUT2D eigenvalue weighted by Gasteiger charge is 2.32. The zero-order valence-electron chi connectivity index (χ0n) is 10.5. The molecule has 4 nitrogen and oxygen atoms in total. The third-order valence-electron chi connectivity index (χ3n) is 3.28. The van der Waals surface area contributed by atoms with E-state index >= 15 is 0 Å². The van der Waals surface area contributed by atoms with Gasteiger partial charge in [-0.2, -0.15) is 0 Å². The highest BCUT2D eigenvalue weighted by atomic mass is 35.5. The van der Waals surface area contributed by atoms with Crippen LogP contribution in [0.1, 0.15) is 18.4 Å².